The average Bonchev–Trinajstić information content (AvgIpc) is 3.12. The average molecular weight is 328 g/mol. The molecule has 1 atom stereocenters. The molecule has 1 saturated heterocycles. The second-order valence-electron chi connectivity index (χ2n) is 6.37. The SMILES string of the molecule is Cc1ccc(C2CCCN2CC(=O)Nc2cccc(C)c2C)s1. The van der Waals surface area contributed by atoms with E-state index in [0.29, 0.717) is 12.6 Å². The Labute approximate surface area is 142 Å². The van der Waals surface area contributed by atoms with Crippen molar-refractivity contribution in [3.8, 4) is 0 Å². The highest BCUT2D eigenvalue weighted by molar-refractivity contribution is 7.12. The van der Waals surface area contributed by atoms with Gasteiger partial charge < -0.3 is 5.32 Å². The maximum Gasteiger partial charge on any atom is 0.238 e. The Morgan fingerprint density at radius 1 is 1.26 bits per heavy atom. The molecule has 4 heteroatoms. The van der Waals surface area contributed by atoms with Gasteiger partial charge in [-0.15, -0.1) is 11.3 Å². The highest BCUT2D eigenvalue weighted by Crippen LogP contribution is 2.35. The normalized spacial score (nSPS) is 18.3. The predicted octanol–water partition coefficient (Wildman–Crippen LogP) is 4.45. The quantitative estimate of drug-likeness (QED) is 0.899. The van der Waals surface area contributed by atoms with E-state index in [9.17, 15) is 4.79 Å². The summed E-state index contributed by atoms with van der Waals surface area (Å²) in [5.41, 5.74) is 3.28. The number of hydrogen-bond acceptors (Lipinski definition) is 3. The molecule has 23 heavy (non-hydrogen) atoms. The van der Waals surface area contributed by atoms with Crippen LogP contribution in [0.4, 0.5) is 5.69 Å². The first-order valence-electron chi connectivity index (χ1n) is 8.21. The van der Waals surface area contributed by atoms with Crippen LogP contribution in [0.25, 0.3) is 0 Å². The first kappa shape index (κ1) is 16.2. The number of anilines is 1. The molecule has 1 fully saturated rings. The van der Waals surface area contributed by atoms with E-state index in [-0.39, 0.29) is 5.91 Å². The lowest BCUT2D eigenvalue weighted by atomic mass is 10.1. The summed E-state index contributed by atoms with van der Waals surface area (Å²) < 4.78 is 0. The molecule has 1 aliphatic rings. The summed E-state index contributed by atoms with van der Waals surface area (Å²) in [5.74, 6) is 0.0823. The van der Waals surface area contributed by atoms with Crippen LogP contribution in [0.1, 0.15) is 39.8 Å². The molecule has 0 spiro atoms. The van der Waals surface area contributed by atoms with Gasteiger partial charge in [0.2, 0.25) is 5.91 Å². The Kier molecular flexibility index (Phi) is 4.83. The predicted molar refractivity (Wildman–Crippen MR) is 97.1 cm³/mol. The Hall–Kier alpha value is -1.65. The van der Waals surface area contributed by atoms with E-state index < -0.39 is 0 Å². The van der Waals surface area contributed by atoms with Crippen LogP contribution < -0.4 is 5.32 Å². The molecule has 0 aliphatic carbocycles. The largest absolute Gasteiger partial charge is 0.325 e. The topological polar surface area (TPSA) is 32.3 Å². The second-order valence-corrected chi connectivity index (χ2v) is 7.69. The Morgan fingerprint density at radius 2 is 2.09 bits per heavy atom. The molecule has 122 valence electrons. The third-order valence-electron chi connectivity index (χ3n) is 4.68. The molecule has 1 unspecified atom stereocenters. The minimum atomic E-state index is 0.0823. The summed E-state index contributed by atoms with van der Waals surface area (Å²) in [6, 6.07) is 10.8. The molecule has 1 amide bonds. The van der Waals surface area contributed by atoms with Gasteiger partial charge in [0.05, 0.1) is 6.54 Å². The van der Waals surface area contributed by atoms with Gasteiger partial charge in [-0.25, -0.2) is 0 Å². The minimum Gasteiger partial charge on any atom is -0.325 e. The highest BCUT2D eigenvalue weighted by atomic mass is 32.1. The van der Waals surface area contributed by atoms with Gasteiger partial charge in [0.1, 0.15) is 0 Å². The van der Waals surface area contributed by atoms with E-state index in [0.717, 1.165) is 24.2 Å². The Bertz CT molecular complexity index is 707. The van der Waals surface area contributed by atoms with E-state index in [1.165, 1.54) is 21.7 Å². The fourth-order valence-electron chi connectivity index (χ4n) is 3.23. The van der Waals surface area contributed by atoms with Crippen LogP contribution in [-0.2, 0) is 4.79 Å². The van der Waals surface area contributed by atoms with Gasteiger partial charge >= 0.3 is 0 Å². The van der Waals surface area contributed by atoms with Gasteiger partial charge in [-0.1, -0.05) is 12.1 Å². The smallest absolute Gasteiger partial charge is 0.238 e. The van der Waals surface area contributed by atoms with Crippen molar-refractivity contribution < 1.29 is 4.79 Å². The molecule has 0 saturated carbocycles. The van der Waals surface area contributed by atoms with Crippen molar-refractivity contribution in [2.45, 2.75) is 39.7 Å². The number of amides is 1. The fraction of sp³-hybridized carbons (Fsp3) is 0.421. The van der Waals surface area contributed by atoms with E-state index >= 15 is 0 Å². The Morgan fingerprint density at radius 3 is 2.83 bits per heavy atom. The van der Waals surface area contributed by atoms with Crippen LogP contribution in [0, 0.1) is 20.8 Å². The lowest BCUT2D eigenvalue weighted by Gasteiger charge is -2.23. The van der Waals surface area contributed by atoms with Gasteiger partial charge in [0, 0.05) is 21.5 Å². The van der Waals surface area contributed by atoms with E-state index in [1.807, 2.05) is 23.5 Å². The van der Waals surface area contributed by atoms with Crippen LogP contribution in [-0.4, -0.2) is 23.9 Å². The van der Waals surface area contributed by atoms with Crippen molar-refractivity contribution in [3.63, 3.8) is 0 Å². The maximum atomic E-state index is 12.5. The van der Waals surface area contributed by atoms with Gasteiger partial charge in [-0.05, 0) is 69.5 Å². The van der Waals surface area contributed by atoms with Gasteiger partial charge in [-0.3, -0.25) is 9.69 Å². The van der Waals surface area contributed by atoms with E-state index in [2.05, 4.69) is 49.2 Å². The number of nitrogens with one attached hydrogen (secondary N) is 1. The standard InChI is InChI=1S/C19H24N2OS/c1-13-6-4-7-16(15(13)3)20-19(22)12-21-11-5-8-17(21)18-10-9-14(2)23-18/h4,6-7,9-10,17H,5,8,11-12H2,1-3H3,(H,20,22). The Balaban J connectivity index is 1.66. The van der Waals surface area contributed by atoms with Crippen molar-refractivity contribution in [2.24, 2.45) is 0 Å². The number of benzene rings is 1. The monoisotopic (exact) mass is 328 g/mol. The number of nitrogens with zero attached hydrogens (tertiary/aromatic N) is 1. The molecular formula is C19H24N2OS. The molecule has 3 rings (SSSR count). The first-order valence-corrected chi connectivity index (χ1v) is 9.02. The zero-order valence-electron chi connectivity index (χ0n) is 14.1. The number of carbonyl (C=O) groups is 1. The summed E-state index contributed by atoms with van der Waals surface area (Å²) in [6.45, 7) is 7.73. The number of rotatable bonds is 4. The summed E-state index contributed by atoms with van der Waals surface area (Å²) in [5, 5.41) is 3.08. The third kappa shape index (κ3) is 3.65. The van der Waals surface area contributed by atoms with Crippen molar-refractivity contribution in [1.82, 2.24) is 4.90 Å². The fourth-order valence-corrected chi connectivity index (χ4v) is 4.28. The molecule has 3 nitrogen and oxygen atoms in total. The number of likely N-dealkylation sites (tertiary alicyclic amines) is 1. The van der Waals surface area contributed by atoms with Gasteiger partial charge in [0.15, 0.2) is 0 Å². The summed E-state index contributed by atoms with van der Waals surface area (Å²) >= 11 is 1.85. The molecule has 0 radical (unpaired) electrons. The summed E-state index contributed by atoms with van der Waals surface area (Å²) in [7, 11) is 0. The minimum absolute atomic E-state index is 0.0823. The van der Waals surface area contributed by atoms with Crippen LogP contribution in [0.15, 0.2) is 30.3 Å². The maximum absolute atomic E-state index is 12.5. The zero-order valence-corrected chi connectivity index (χ0v) is 14.9. The molecule has 1 aromatic carbocycles. The lowest BCUT2D eigenvalue weighted by Crippen LogP contribution is -2.32. The lowest BCUT2D eigenvalue weighted by molar-refractivity contribution is -0.117. The van der Waals surface area contributed by atoms with Crippen molar-refractivity contribution in [2.75, 3.05) is 18.4 Å². The summed E-state index contributed by atoms with van der Waals surface area (Å²) in [4.78, 5) is 17.5. The molecule has 1 N–H and O–H groups in total. The van der Waals surface area contributed by atoms with Crippen LogP contribution in [0.3, 0.4) is 0 Å². The highest BCUT2D eigenvalue weighted by Gasteiger charge is 2.28. The number of aryl methyl sites for hydroxylation is 2. The summed E-state index contributed by atoms with van der Waals surface area (Å²) in [6.07, 6.45) is 2.31. The van der Waals surface area contributed by atoms with E-state index in [4.69, 9.17) is 0 Å². The number of thiophene rings is 1. The van der Waals surface area contributed by atoms with Crippen LogP contribution >= 0.6 is 11.3 Å². The molecule has 0 bridgehead atoms. The van der Waals surface area contributed by atoms with Crippen molar-refractivity contribution >= 4 is 22.9 Å². The zero-order chi connectivity index (χ0) is 16.4. The first-order chi connectivity index (χ1) is 11.0. The number of carbonyl (C=O) groups excluding carboxylic acids is 1. The molecule has 1 aromatic heterocycles. The molecule has 1 aliphatic heterocycles. The van der Waals surface area contributed by atoms with Gasteiger partial charge in [-0.2, -0.15) is 0 Å². The van der Waals surface area contributed by atoms with Crippen molar-refractivity contribution in [3.05, 3.63) is 51.2 Å². The number of hydrogen-bond donors (Lipinski definition) is 1. The molecular weight excluding hydrogens is 304 g/mol. The molecule has 2 aromatic rings. The second kappa shape index (κ2) is 6.85. The van der Waals surface area contributed by atoms with Crippen LogP contribution in [0.5, 0.6) is 0 Å². The van der Waals surface area contributed by atoms with Gasteiger partial charge in [0.25, 0.3) is 0 Å². The molecule has 2 heterocycles. The van der Waals surface area contributed by atoms with Crippen LogP contribution in [0.2, 0.25) is 0 Å². The van der Waals surface area contributed by atoms with E-state index in [1.54, 1.807) is 0 Å². The van der Waals surface area contributed by atoms with Crippen molar-refractivity contribution in [1.29, 1.82) is 0 Å². The third-order valence-corrected chi connectivity index (χ3v) is 5.78.